The maximum Gasteiger partial charge on any atom is 0.158 e. The van der Waals surface area contributed by atoms with Gasteiger partial charge in [-0.05, 0) is 17.8 Å². The van der Waals surface area contributed by atoms with Crippen molar-refractivity contribution in [3.63, 3.8) is 0 Å². The Labute approximate surface area is 81.6 Å². The molecule has 1 unspecified atom stereocenters. The first kappa shape index (κ1) is 8.87. The Morgan fingerprint density at radius 2 is 2.23 bits per heavy atom. The molecule has 1 saturated heterocycles. The van der Waals surface area contributed by atoms with Gasteiger partial charge in [0.05, 0.1) is 6.61 Å². The molecule has 0 aliphatic carbocycles. The topological polar surface area (TPSA) is 38.2 Å². The molecule has 1 fully saturated rings. The largest absolute Gasteiger partial charge is 0.367 e. The van der Waals surface area contributed by atoms with E-state index < -0.39 is 0 Å². The highest BCUT2D eigenvalue weighted by Gasteiger charge is 2.22. The first-order chi connectivity index (χ1) is 6.36. The van der Waals surface area contributed by atoms with Crippen LogP contribution < -0.4 is 0 Å². The van der Waals surface area contributed by atoms with Crippen LogP contribution in [0.3, 0.4) is 0 Å². The van der Waals surface area contributed by atoms with Crippen LogP contribution in [-0.2, 0) is 4.74 Å². The zero-order valence-corrected chi connectivity index (χ0v) is 7.81. The molecule has 1 aromatic heterocycles. The third-order valence-corrected chi connectivity index (χ3v) is 2.20. The van der Waals surface area contributed by atoms with Crippen molar-refractivity contribution in [2.75, 3.05) is 19.7 Å². The Bertz CT molecular complexity index is 269. The molecular weight excluding hydrogens is 190 g/mol. The van der Waals surface area contributed by atoms with Gasteiger partial charge < -0.3 is 4.74 Å². The van der Waals surface area contributed by atoms with Crippen LogP contribution >= 0.6 is 11.8 Å². The number of hydrogen-bond donors (Lipinski definition) is 0. The van der Waals surface area contributed by atoms with E-state index in [0.717, 1.165) is 6.54 Å². The smallest absolute Gasteiger partial charge is 0.158 e. The van der Waals surface area contributed by atoms with Gasteiger partial charge in [0, 0.05) is 25.5 Å². The minimum atomic E-state index is -0.0903. The first-order valence-corrected chi connectivity index (χ1v) is 4.49. The molecule has 0 amide bonds. The molecule has 1 aromatic rings. The quantitative estimate of drug-likeness (QED) is 0.633. The molecule has 2 rings (SSSR count). The van der Waals surface area contributed by atoms with E-state index in [2.05, 4.69) is 9.97 Å². The summed E-state index contributed by atoms with van der Waals surface area (Å²) in [6.45, 7) is 2.03. The fraction of sp³-hybridized carbons (Fsp3) is 0.500. The average molecular weight is 200 g/mol. The van der Waals surface area contributed by atoms with Gasteiger partial charge in [-0.2, -0.15) is 0 Å². The van der Waals surface area contributed by atoms with Gasteiger partial charge in [0.25, 0.3) is 0 Å². The SMILES string of the molecule is ClN1CCOC(c2ncccn2)C1. The van der Waals surface area contributed by atoms with E-state index in [1.165, 1.54) is 0 Å². The standard InChI is InChI=1S/C8H10ClN3O/c9-12-4-5-13-7(6-12)8-10-2-1-3-11-8/h1-3,7H,4-6H2. The molecule has 2 heterocycles. The summed E-state index contributed by atoms with van der Waals surface area (Å²) in [5.41, 5.74) is 0. The molecule has 70 valence electrons. The minimum absolute atomic E-state index is 0.0903. The number of hydrogen-bond acceptors (Lipinski definition) is 4. The minimum Gasteiger partial charge on any atom is -0.367 e. The molecule has 0 N–H and O–H groups in total. The molecule has 1 aliphatic heterocycles. The van der Waals surface area contributed by atoms with Crippen molar-refractivity contribution >= 4 is 11.8 Å². The normalized spacial score (nSPS) is 24.5. The van der Waals surface area contributed by atoms with E-state index in [1.54, 1.807) is 22.9 Å². The number of aromatic nitrogens is 2. The number of nitrogens with zero attached hydrogens (tertiary/aromatic N) is 3. The molecule has 5 heteroatoms. The lowest BCUT2D eigenvalue weighted by Gasteiger charge is -2.26. The van der Waals surface area contributed by atoms with Crippen LogP contribution in [0.4, 0.5) is 0 Å². The molecule has 1 atom stereocenters. The summed E-state index contributed by atoms with van der Waals surface area (Å²) < 4.78 is 7.18. The van der Waals surface area contributed by atoms with E-state index >= 15 is 0 Å². The number of morpholine rings is 1. The number of halogens is 1. The van der Waals surface area contributed by atoms with E-state index in [-0.39, 0.29) is 6.10 Å². The zero-order chi connectivity index (χ0) is 9.10. The third-order valence-electron chi connectivity index (χ3n) is 1.89. The Morgan fingerprint density at radius 3 is 2.92 bits per heavy atom. The van der Waals surface area contributed by atoms with Crippen molar-refractivity contribution in [3.8, 4) is 0 Å². The van der Waals surface area contributed by atoms with Gasteiger partial charge >= 0.3 is 0 Å². The second-order valence-corrected chi connectivity index (χ2v) is 3.31. The summed E-state index contributed by atoms with van der Waals surface area (Å²) in [5.74, 6) is 0.702. The summed E-state index contributed by atoms with van der Waals surface area (Å²) in [5, 5.41) is 0. The van der Waals surface area contributed by atoms with Gasteiger partial charge in [0.2, 0.25) is 0 Å². The van der Waals surface area contributed by atoms with Crippen molar-refractivity contribution in [2.24, 2.45) is 0 Å². The number of rotatable bonds is 1. The fourth-order valence-electron chi connectivity index (χ4n) is 1.25. The van der Waals surface area contributed by atoms with E-state index in [9.17, 15) is 0 Å². The Hall–Kier alpha value is -0.710. The summed E-state index contributed by atoms with van der Waals surface area (Å²) >= 11 is 5.86. The molecule has 0 bridgehead atoms. The summed E-state index contributed by atoms with van der Waals surface area (Å²) in [6, 6.07) is 1.78. The molecule has 1 aliphatic rings. The lowest BCUT2D eigenvalue weighted by molar-refractivity contribution is -0.00699. The molecule has 13 heavy (non-hydrogen) atoms. The molecule has 0 spiro atoms. The highest BCUT2D eigenvalue weighted by Crippen LogP contribution is 2.19. The Balaban J connectivity index is 2.08. The van der Waals surface area contributed by atoms with Gasteiger partial charge in [-0.3, -0.25) is 0 Å². The third kappa shape index (κ3) is 2.15. The molecule has 0 radical (unpaired) electrons. The van der Waals surface area contributed by atoms with Crippen molar-refractivity contribution < 1.29 is 4.74 Å². The van der Waals surface area contributed by atoms with E-state index in [1.807, 2.05) is 0 Å². The van der Waals surface area contributed by atoms with E-state index in [4.69, 9.17) is 16.5 Å². The second-order valence-electron chi connectivity index (χ2n) is 2.84. The van der Waals surface area contributed by atoms with Gasteiger partial charge in [0.15, 0.2) is 5.82 Å². The van der Waals surface area contributed by atoms with Gasteiger partial charge in [-0.25, -0.2) is 14.4 Å². The highest BCUT2D eigenvalue weighted by molar-refractivity contribution is 6.13. The van der Waals surface area contributed by atoms with Crippen LogP contribution in [0, 0.1) is 0 Å². The van der Waals surface area contributed by atoms with Crippen LogP contribution in [0.15, 0.2) is 18.5 Å². The van der Waals surface area contributed by atoms with Gasteiger partial charge in [-0.15, -0.1) is 0 Å². The Kier molecular flexibility index (Phi) is 2.73. The van der Waals surface area contributed by atoms with Crippen LogP contribution in [0.2, 0.25) is 0 Å². The van der Waals surface area contributed by atoms with E-state index in [0.29, 0.717) is 19.0 Å². The second kappa shape index (κ2) is 4.00. The van der Waals surface area contributed by atoms with Gasteiger partial charge in [0.1, 0.15) is 6.10 Å². The maximum absolute atomic E-state index is 5.86. The lowest BCUT2D eigenvalue weighted by Crippen LogP contribution is -2.32. The monoisotopic (exact) mass is 199 g/mol. The molecule has 4 nitrogen and oxygen atoms in total. The summed E-state index contributed by atoms with van der Waals surface area (Å²) in [4.78, 5) is 8.23. The Morgan fingerprint density at radius 1 is 1.46 bits per heavy atom. The van der Waals surface area contributed by atoms with Crippen molar-refractivity contribution in [2.45, 2.75) is 6.10 Å². The first-order valence-electron chi connectivity index (χ1n) is 4.15. The van der Waals surface area contributed by atoms with Crippen LogP contribution in [-0.4, -0.2) is 34.1 Å². The maximum atomic E-state index is 5.86. The summed E-state index contributed by atoms with van der Waals surface area (Å²) in [7, 11) is 0. The van der Waals surface area contributed by atoms with Crippen molar-refractivity contribution in [3.05, 3.63) is 24.3 Å². The lowest BCUT2D eigenvalue weighted by atomic mass is 10.3. The number of ether oxygens (including phenoxy) is 1. The summed E-state index contributed by atoms with van der Waals surface area (Å²) in [6.07, 6.45) is 3.32. The molecule has 0 aromatic carbocycles. The fourth-order valence-corrected chi connectivity index (χ4v) is 1.45. The zero-order valence-electron chi connectivity index (χ0n) is 7.06. The van der Waals surface area contributed by atoms with Crippen LogP contribution in [0.25, 0.3) is 0 Å². The predicted octanol–water partition coefficient (Wildman–Crippen LogP) is 1.00. The van der Waals surface area contributed by atoms with Crippen LogP contribution in [0.1, 0.15) is 11.9 Å². The predicted molar refractivity (Wildman–Crippen MR) is 48.2 cm³/mol. The highest BCUT2D eigenvalue weighted by atomic mass is 35.5. The molecule has 0 saturated carbocycles. The molecular formula is C8H10ClN3O. The van der Waals surface area contributed by atoms with Crippen molar-refractivity contribution in [1.29, 1.82) is 0 Å². The van der Waals surface area contributed by atoms with Gasteiger partial charge in [-0.1, -0.05) is 0 Å². The van der Waals surface area contributed by atoms with Crippen LogP contribution in [0.5, 0.6) is 0 Å². The average Bonchev–Trinajstić information content (AvgIpc) is 2.19. The van der Waals surface area contributed by atoms with Crippen molar-refractivity contribution in [1.82, 2.24) is 14.4 Å².